The molecule has 2 heterocycles. The van der Waals surface area contributed by atoms with Crippen molar-refractivity contribution >= 4 is 40.2 Å². The second-order valence-corrected chi connectivity index (χ2v) is 8.58. The van der Waals surface area contributed by atoms with Gasteiger partial charge in [-0.3, -0.25) is 4.79 Å². The van der Waals surface area contributed by atoms with E-state index in [2.05, 4.69) is 5.32 Å². The van der Waals surface area contributed by atoms with Crippen LogP contribution in [0.15, 0.2) is 59.6 Å². The highest BCUT2D eigenvalue weighted by molar-refractivity contribution is 7.18. The number of nitrogens with zero attached hydrogens (tertiary/aromatic N) is 1. The van der Waals surface area contributed by atoms with Crippen LogP contribution in [0.2, 0.25) is 4.34 Å². The number of halogens is 4. The van der Waals surface area contributed by atoms with Crippen LogP contribution < -0.4 is 5.32 Å². The highest BCUT2D eigenvalue weighted by atomic mass is 35.5. The number of aliphatic imine (C=N–C) groups is 1. The van der Waals surface area contributed by atoms with Crippen LogP contribution in [0, 0.1) is 0 Å². The van der Waals surface area contributed by atoms with Gasteiger partial charge in [0.15, 0.2) is 0 Å². The first-order valence-electron chi connectivity index (χ1n) is 9.21. The van der Waals surface area contributed by atoms with Crippen LogP contribution in [0.1, 0.15) is 38.3 Å². The lowest BCUT2D eigenvalue weighted by molar-refractivity contribution is -0.132. The zero-order valence-corrected chi connectivity index (χ0v) is 17.2. The first kappa shape index (κ1) is 20.6. The Balaban J connectivity index is 1.70. The van der Waals surface area contributed by atoms with Gasteiger partial charge in [0, 0.05) is 24.1 Å². The Labute approximate surface area is 180 Å². The lowest BCUT2D eigenvalue weighted by atomic mass is 9.97. The Morgan fingerprint density at radius 2 is 1.90 bits per heavy atom. The maximum atomic E-state index is 12.3. The van der Waals surface area contributed by atoms with Crippen molar-refractivity contribution in [3.05, 3.63) is 86.1 Å². The van der Waals surface area contributed by atoms with E-state index in [9.17, 15) is 18.0 Å². The summed E-state index contributed by atoms with van der Waals surface area (Å²) in [6.45, 7) is -0.465. The molecule has 1 N–H and O–H groups in total. The van der Waals surface area contributed by atoms with E-state index in [1.807, 2.05) is 36.4 Å². The van der Waals surface area contributed by atoms with Gasteiger partial charge in [0.1, 0.15) is 0 Å². The summed E-state index contributed by atoms with van der Waals surface area (Å²) in [5, 5.41) is 2.32. The predicted octanol–water partition coefficient (Wildman–Crippen LogP) is 6.16. The molecule has 0 radical (unpaired) electrons. The molecule has 0 fully saturated rings. The van der Waals surface area contributed by atoms with Crippen molar-refractivity contribution in [3.63, 3.8) is 0 Å². The number of benzene rings is 2. The van der Waals surface area contributed by atoms with Gasteiger partial charge in [-0.1, -0.05) is 41.9 Å². The zero-order valence-electron chi connectivity index (χ0n) is 15.6. The standard InChI is InChI=1S/C22H16ClF3N2OS/c23-19-8-7-18(30-19)20-16-4-2-1-3-13(16)11-14-5-6-15(12-17(14)28-20)21(29)27-10-9-22(24,25)26/h1-8,12H,9-11H2,(H,27,29). The largest absolute Gasteiger partial charge is 0.390 e. The Morgan fingerprint density at radius 1 is 1.10 bits per heavy atom. The molecule has 1 aromatic heterocycles. The van der Waals surface area contributed by atoms with Crippen LogP contribution in [-0.4, -0.2) is 24.3 Å². The average molecular weight is 449 g/mol. The Bertz CT molecular complexity index is 1140. The first-order valence-corrected chi connectivity index (χ1v) is 10.4. The topological polar surface area (TPSA) is 41.5 Å². The number of thiophene rings is 1. The number of carbonyl (C=O) groups is 1. The molecule has 1 amide bonds. The summed E-state index contributed by atoms with van der Waals surface area (Å²) in [6, 6.07) is 16.7. The van der Waals surface area contributed by atoms with Gasteiger partial charge in [-0.05, 0) is 35.4 Å². The SMILES string of the molecule is O=C(NCCC(F)(F)F)c1ccc2c(c1)N=C(c1ccc(Cl)s1)c1ccccc1C2. The molecule has 3 aromatic rings. The van der Waals surface area contributed by atoms with Crippen LogP contribution in [0.3, 0.4) is 0 Å². The predicted molar refractivity (Wildman–Crippen MR) is 113 cm³/mol. The van der Waals surface area contributed by atoms with Gasteiger partial charge < -0.3 is 5.32 Å². The molecule has 3 nitrogen and oxygen atoms in total. The molecule has 4 rings (SSSR count). The fraction of sp³-hybridized carbons (Fsp3) is 0.182. The number of amides is 1. The molecule has 1 aliphatic rings. The monoisotopic (exact) mass is 448 g/mol. The van der Waals surface area contributed by atoms with Crippen molar-refractivity contribution in [1.82, 2.24) is 5.32 Å². The number of hydrogen-bond acceptors (Lipinski definition) is 3. The average Bonchev–Trinajstić information content (AvgIpc) is 3.05. The molecular formula is C22H16ClF3N2OS. The molecule has 0 unspecified atom stereocenters. The van der Waals surface area contributed by atoms with Crippen molar-refractivity contribution in [1.29, 1.82) is 0 Å². The Kier molecular flexibility index (Phi) is 5.66. The van der Waals surface area contributed by atoms with E-state index < -0.39 is 25.0 Å². The molecule has 0 saturated heterocycles. The van der Waals surface area contributed by atoms with E-state index in [0.29, 0.717) is 16.4 Å². The fourth-order valence-electron chi connectivity index (χ4n) is 3.30. The van der Waals surface area contributed by atoms with Gasteiger partial charge >= 0.3 is 6.18 Å². The van der Waals surface area contributed by atoms with Crippen LogP contribution in [0.25, 0.3) is 0 Å². The molecule has 2 aromatic carbocycles. The highest BCUT2D eigenvalue weighted by Crippen LogP contribution is 2.34. The molecule has 0 atom stereocenters. The van der Waals surface area contributed by atoms with Crippen molar-refractivity contribution < 1.29 is 18.0 Å². The molecule has 30 heavy (non-hydrogen) atoms. The van der Waals surface area contributed by atoms with Gasteiger partial charge in [0.05, 0.1) is 27.0 Å². The van der Waals surface area contributed by atoms with Crippen LogP contribution in [0.5, 0.6) is 0 Å². The van der Waals surface area contributed by atoms with Crippen molar-refractivity contribution in [2.75, 3.05) is 6.54 Å². The Morgan fingerprint density at radius 3 is 2.63 bits per heavy atom. The minimum absolute atomic E-state index is 0.272. The number of alkyl halides is 3. The molecule has 0 saturated carbocycles. The maximum absolute atomic E-state index is 12.3. The van der Waals surface area contributed by atoms with E-state index in [4.69, 9.17) is 16.6 Å². The summed E-state index contributed by atoms with van der Waals surface area (Å²) < 4.78 is 37.7. The summed E-state index contributed by atoms with van der Waals surface area (Å²) in [6.07, 6.45) is -4.75. The smallest absolute Gasteiger partial charge is 0.352 e. The number of nitrogens with one attached hydrogen (secondary N) is 1. The summed E-state index contributed by atoms with van der Waals surface area (Å²) in [5.74, 6) is -0.556. The first-order chi connectivity index (χ1) is 14.3. The van der Waals surface area contributed by atoms with E-state index in [0.717, 1.165) is 27.3 Å². The molecule has 154 valence electrons. The van der Waals surface area contributed by atoms with E-state index in [-0.39, 0.29) is 5.56 Å². The summed E-state index contributed by atoms with van der Waals surface area (Å²) >= 11 is 7.54. The molecule has 0 aliphatic carbocycles. The third-order valence-corrected chi connectivity index (χ3v) is 5.97. The number of rotatable bonds is 4. The zero-order chi connectivity index (χ0) is 21.3. The minimum atomic E-state index is -4.31. The van der Waals surface area contributed by atoms with Crippen LogP contribution >= 0.6 is 22.9 Å². The molecule has 1 aliphatic heterocycles. The van der Waals surface area contributed by atoms with Crippen molar-refractivity contribution in [2.45, 2.75) is 19.0 Å². The number of carbonyl (C=O) groups excluding carboxylic acids is 1. The third-order valence-electron chi connectivity index (χ3n) is 4.73. The van der Waals surface area contributed by atoms with Crippen molar-refractivity contribution in [2.24, 2.45) is 4.99 Å². The molecule has 8 heteroatoms. The minimum Gasteiger partial charge on any atom is -0.352 e. The normalized spacial score (nSPS) is 13.1. The van der Waals surface area contributed by atoms with E-state index in [1.54, 1.807) is 18.2 Å². The number of hydrogen-bond donors (Lipinski definition) is 1. The number of fused-ring (bicyclic) bond motifs is 2. The molecule has 0 bridgehead atoms. The fourth-order valence-corrected chi connectivity index (χ4v) is 4.35. The summed E-state index contributed by atoms with van der Waals surface area (Å²) in [4.78, 5) is 18.1. The lowest BCUT2D eigenvalue weighted by Gasteiger charge is -2.10. The van der Waals surface area contributed by atoms with Gasteiger partial charge in [-0.25, -0.2) is 4.99 Å². The summed E-state index contributed by atoms with van der Waals surface area (Å²) in [5.41, 5.74) is 4.68. The van der Waals surface area contributed by atoms with Gasteiger partial charge in [-0.2, -0.15) is 13.2 Å². The van der Waals surface area contributed by atoms with Crippen LogP contribution in [-0.2, 0) is 6.42 Å². The van der Waals surface area contributed by atoms with Gasteiger partial charge in [0.2, 0.25) is 0 Å². The summed E-state index contributed by atoms with van der Waals surface area (Å²) in [7, 11) is 0. The lowest BCUT2D eigenvalue weighted by Crippen LogP contribution is -2.27. The van der Waals surface area contributed by atoms with Crippen molar-refractivity contribution in [3.8, 4) is 0 Å². The van der Waals surface area contributed by atoms with E-state index in [1.165, 1.54) is 11.3 Å². The second-order valence-electron chi connectivity index (χ2n) is 6.86. The van der Waals surface area contributed by atoms with E-state index >= 15 is 0 Å². The Hall–Kier alpha value is -2.64. The highest BCUT2D eigenvalue weighted by Gasteiger charge is 2.27. The van der Waals surface area contributed by atoms with Gasteiger partial charge in [0.25, 0.3) is 5.91 Å². The van der Waals surface area contributed by atoms with Crippen LogP contribution in [0.4, 0.5) is 18.9 Å². The maximum Gasteiger partial charge on any atom is 0.390 e. The second kappa shape index (κ2) is 8.24. The molecule has 0 spiro atoms. The third kappa shape index (κ3) is 4.57. The van der Waals surface area contributed by atoms with Gasteiger partial charge in [-0.15, -0.1) is 11.3 Å². The quantitative estimate of drug-likeness (QED) is 0.399. The molecular weight excluding hydrogens is 433 g/mol.